The lowest BCUT2D eigenvalue weighted by atomic mass is 9.97. The molecular formula is C16H25N3OS. The summed E-state index contributed by atoms with van der Waals surface area (Å²) in [6.07, 6.45) is 11.0. The third-order valence-electron chi connectivity index (χ3n) is 4.55. The predicted octanol–water partition coefficient (Wildman–Crippen LogP) is 3.41. The van der Waals surface area contributed by atoms with Crippen molar-refractivity contribution in [2.24, 2.45) is 0 Å². The number of hydrogen-bond acceptors (Lipinski definition) is 4. The summed E-state index contributed by atoms with van der Waals surface area (Å²) in [5.74, 6) is 0.0149. The average molecular weight is 307 g/mol. The van der Waals surface area contributed by atoms with Gasteiger partial charge in [-0.3, -0.25) is 4.79 Å². The minimum absolute atomic E-state index is 0.0149. The van der Waals surface area contributed by atoms with Gasteiger partial charge in [0.1, 0.15) is 10.7 Å². The zero-order valence-corrected chi connectivity index (χ0v) is 13.4. The predicted molar refractivity (Wildman–Crippen MR) is 85.7 cm³/mol. The van der Waals surface area contributed by atoms with Crippen LogP contribution in [0.2, 0.25) is 0 Å². The molecule has 0 aromatic carbocycles. The molecule has 1 aliphatic heterocycles. The molecule has 1 aromatic heterocycles. The first-order valence-corrected chi connectivity index (χ1v) is 9.20. The van der Waals surface area contributed by atoms with Crippen LogP contribution in [0.15, 0.2) is 5.38 Å². The standard InChI is InChI=1S/C16H25N3OS/c20-15(18-12-7-4-2-1-3-5-8-12)14-11-21-16(19-14)13-9-6-10-17-13/h11-13,17H,1-10H2,(H,18,20). The van der Waals surface area contributed by atoms with Crippen molar-refractivity contribution in [1.82, 2.24) is 15.6 Å². The zero-order chi connectivity index (χ0) is 14.5. The molecule has 1 amide bonds. The van der Waals surface area contributed by atoms with Crippen LogP contribution in [0.5, 0.6) is 0 Å². The molecule has 1 saturated carbocycles. The van der Waals surface area contributed by atoms with Gasteiger partial charge < -0.3 is 10.6 Å². The molecule has 1 atom stereocenters. The van der Waals surface area contributed by atoms with Crippen LogP contribution in [0.1, 0.15) is 79.3 Å². The Kier molecular flexibility index (Phi) is 5.25. The van der Waals surface area contributed by atoms with Crippen LogP contribution < -0.4 is 10.6 Å². The summed E-state index contributed by atoms with van der Waals surface area (Å²) in [5.41, 5.74) is 0.603. The zero-order valence-electron chi connectivity index (χ0n) is 12.6. The summed E-state index contributed by atoms with van der Waals surface area (Å²) in [7, 11) is 0. The smallest absolute Gasteiger partial charge is 0.270 e. The molecule has 21 heavy (non-hydrogen) atoms. The summed E-state index contributed by atoms with van der Waals surface area (Å²) in [5, 5.41) is 9.61. The molecule has 116 valence electrons. The number of nitrogens with one attached hydrogen (secondary N) is 2. The van der Waals surface area contributed by atoms with Crippen LogP contribution in [0, 0.1) is 0 Å². The Morgan fingerprint density at radius 2 is 1.90 bits per heavy atom. The number of aromatic nitrogens is 1. The molecule has 2 aliphatic rings. The second-order valence-electron chi connectivity index (χ2n) is 6.24. The Hall–Kier alpha value is -0.940. The number of nitrogens with zero attached hydrogens (tertiary/aromatic N) is 1. The van der Waals surface area contributed by atoms with E-state index in [9.17, 15) is 4.79 Å². The lowest BCUT2D eigenvalue weighted by Gasteiger charge is -2.20. The molecule has 1 saturated heterocycles. The monoisotopic (exact) mass is 307 g/mol. The average Bonchev–Trinajstić information content (AvgIpc) is 3.10. The van der Waals surface area contributed by atoms with Gasteiger partial charge in [-0.15, -0.1) is 11.3 Å². The first kappa shape index (κ1) is 15.0. The highest BCUT2D eigenvalue weighted by Crippen LogP contribution is 2.26. The van der Waals surface area contributed by atoms with E-state index in [1.165, 1.54) is 38.5 Å². The van der Waals surface area contributed by atoms with Crippen molar-refractivity contribution in [3.8, 4) is 0 Å². The maximum Gasteiger partial charge on any atom is 0.270 e. The lowest BCUT2D eigenvalue weighted by molar-refractivity contribution is 0.0926. The van der Waals surface area contributed by atoms with E-state index in [1.54, 1.807) is 11.3 Å². The number of rotatable bonds is 3. The van der Waals surface area contributed by atoms with E-state index in [-0.39, 0.29) is 5.91 Å². The van der Waals surface area contributed by atoms with Crippen LogP contribution in [-0.2, 0) is 0 Å². The van der Waals surface area contributed by atoms with Gasteiger partial charge in [0.05, 0.1) is 6.04 Å². The van der Waals surface area contributed by atoms with Crippen molar-refractivity contribution < 1.29 is 4.79 Å². The summed E-state index contributed by atoms with van der Waals surface area (Å²) in [4.78, 5) is 16.9. The molecule has 2 heterocycles. The van der Waals surface area contributed by atoms with Crippen LogP contribution in [-0.4, -0.2) is 23.5 Å². The van der Waals surface area contributed by atoms with E-state index in [0.29, 0.717) is 17.8 Å². The lowest BCUT2D eigenvalue weighted by Crippen LogP contribution is -2.35. The highest BCUT2D eigenvalue weighted by molar-refractivity contribution is 7.09. The maximum atomic E-state index is 12.4. The van der Waals surface area contributed by atoms with Gasteiger partial charge in [0.15, 0.2) is 0 Å². The fraction of sp³-hybridized carbons (Fsp3) is 0.750. The Balaban J connectivity index is 1.56. The van der Waals surface area contributed by atoms with Crippen molar-refractivity contribution in [3.05, 3.63) is 16.1 Å². The third-order valence-corrected chi connectivity index (χ3v) is 5.51. The number of thiazole rings is 1. The van der Waals surface area contributed by atoms with Crippen molar-refractivity contribution >= 4 is 17.2 Å². The number of amides is 1. The highest BCUT2D eigenvalue weighted by atomic mass is 32.1. The summed E-state index contributed by atoms with van der Waals surface area (Å²) < 4.78 is 0. The van der Waals surface area contributed by atoms with Crippen LogP contribution in [0.3, 0.4) is 0 Å². The van der Waals surface area contributed by atoms with Crippen LogP contribution >= 0.6 is 11.3 Å². The van der Waals surface area contributed by atoms with Crippen molar-refractivity contribution in [1.29, 1.82) is 0 Å². The summed E-state index contributed by atoms with van der Waals surface area (Å²) in [6, 6.07) is 0.700. The van der Waals surface area contributed by atoms with Gasteiger partial charge in [-0.05, 0) is 32.2 Å². The van der Waals surface area contributed by atoms with E-state index in [4.69, 9.17) is 0 Å². The van der Waals surface area contributed by atoms with Crippen molar-refractivity contribution in [2.45, 2.75) is 69.9 Å². The minimum atomic E-state index is 0.0149. The molecule has 0 radical (unpaired) electrons. The highest BCUT2D eigenvalue weighted by Gasteiger charge is 2.22. The quantitative estimate of drug-likeness (QED) is 0.900. The second-order valence-corrected chi connectivity index (χ2v) is 7.13. The molecule has 0 spiro atoms. The van der Waals surface area contributed by atoms with Gasteiger partial charge in [0, 0.05) is 11.4 Å². The molecule has 1 unspecified atom stereocenters. The molecule has 2 N–H and O–H groups in total. The molecule has 2 fully saturated rings. The number of carbonyl (C=O) groups is 1. The maximum absolute atomic E-state index is 12.4. The Morgan fingerprint density at radius 1 is 1.14 bits per heavy atom. The van der Waals surface area contributed by atoms with Crippen LogP contribution in [0.25, 0.3) is 0 Å². The molecule has 3 rings (SSSR count). The van der Waals surface area contributed by atoms with E-state index < -0.39 is 0 Å². The summed E-state index contributed by atoms with van der Waals surface area (Å²) >= 11 is 1.61. The SMILES string of the molecule is O=C(NC1CCCCCCC1)c1csc(C2CCCN2)n1. The normalized spacial score (nSPS) is 24.5. The van der Waals surface area contributed by atoms with E-state index >= 15 is 0 Å². The molecular weight excluding hydrogens is 282 g/mol. The molecule has 5 heteroatoms. The molecule has 1 aliphatic carbocycles. The topological polar surface area (TPSA) is 54.0 Å². The van der Waals surface area contributed by atoms with Gasteiger partial charge in [-0.2, -0.15) is 0 Å². The Morgan fingerprint density at radius 3 is 2.62 bits per heavy atom. The van der Waals surface area contributed by atoms with Crippen molar-refractivity contribution in [2.75, 3.05) is 6.54 Å². The molecule has 0 bridgehead atoms. The first-order valence-electron chi connectivity index (χ1n) is 8.32. The Labute approximate surface area is 130 Å². The van der Waals surface area contributed by atoms with Crippen molar-refractivity contribution in [3.63, 3.8) is 0 Å². The third kappa shape index (κ3) is 4.04. The second kappa shape index (κ2) is 7.36. The van der Waals surface area contributed by atoms with Gasteiger partial charge in [-0.1, -0.05) is 32.1 Å². The number of hydrogen-bond donors (Lipinski definition) is 2. The minimum Gasteiger partial charge on any atom is -0.348 e. The first-order chi connectivity index (χ1) is 10.3. The van der Waals surface area contributed by atoms with Gasteiger partial charge >= 0.3 is 0 Å². The number of carbonyl (C=O) groups excluding carboxylic acids is 1. The largest absolute Gasteiger partial charge is 0.348 e. The molecule has 4 nitrogen and oxygen atoms in total. The van der Waals surface area contributed by atoms with E-state index in [1.807, 2.05) is 5.38 Å². The fourth-order valence-corrected chi connectivity index (χ4v) is 4.22. The van der Waals surface area contributed by atoms with Gasteiger partial charge in [0.2, 0.25) is 0 Å². The molecule has 1 aromatic rings. The van der Waals surface area contributed by atoms with Crippen LogP contribution in [0.4, 0.5) is 0 Å². The fourth-order valence-electron chi connectivity index (χ4n) is 3.31. The van der Waals surface area contributed by atoms with E-state index in [0.717, 1.165) is 30.8 Å². The summed E-state index contributed by atoms with van der Waals surface area (Å²) in [6.45, 7) is 1.06. The van der Waals surface area contributed by atoms with Gasteiger partial charge in [-0.25, -0.2) is 4.98 Å². The van der Waals surface area contributed by atoms with Gasteiger partial charge in [0.25, 0.3) is 5.91 Å². The van der Waals surface area contributed by atoms with E-state index in [2.05, 4.69) is 15.6 Å². The Bertz CT molecular complexity index is 460.